The van der Waals surface area contributed by atoms with Crippen molar-refractivity contribution >= 4 is 17.3 Å². The van der Waals surface area contributed by atoms with E-state index in [9.17, 15) is 10.1 Å². The highest BCUT2D eigenvalue weighted by Crippen LogP contribution is 2.24. The Morgan fingerprint density at radius 3 is 2.56 bits per heavy atom. The van der Waals surface area contributed by atoms with Crippen molar-refractivity contribution in [2.75, 3.05) is 10.7 Å². The van der Waals surface area contributed by atoms with Gasteiger partial charge in [0.25, 0.3) is 5.69 Å². The number of nitrogens with one attached hydrogen (secondary N) is 2. The molecule has 1 aromatic heterocycles. The Balaban J connectivity index is 3.01. The molecule has 1 heterocycles. The maximum Gasteiger partial charge on any atom is 0.276 e. The molecule has 0 aliphatic heterocycles. The first-order valence-corrected chi connectivity index (χ1v) is 5.79. The van der Waals surface area contributed by atoms with Crippen LogP contribution in [0.1, 0.15) is 33.6 Å². The summed E-state index contributed by atoms with van der Waals surface area (Å²) in [5.41, 5.74) is 2.10. The molecular formula is C11H19N5O2. The minimum atomic E-state index is -0.472. The second-order valence-electron chi connectivity index (χ2n) is 4.76. The zero-order valence-corrected chi connectivity index (χ0v) is 10.9. The van der Waals surface area contributed by atoms with Crippen LogP contribution < -0.4 is 16.6 Å². The first-order valence-electron chi connectivity index (χ1n) is 5.79. The van der Waals surface area contributed by atoms with Crippen molar-refractivity contribution in [3.8, 4) is 0 Å². The van der Waals surface area contributed by atoms with Gasteiger partial charge in [-0.2, -0.15) is 0 Å². The standard InChI is InChI=1S/C11H19N5O2/c1-4-5-11(2,3)14-9-6-8(16(17)18)7-10(13-9)15-12/h6-7H,4-5,12H2,1-3H3,(H2,13,14,15). The predicted molar refractivity (Wildman–Crippen MR) is 71.3 cm³/mol. The molecule has 0 aliphatic rings. The average molecular weight is 253 g/mol. The third-order valence-electron chi connectivity index (χ3n) is 2.51. The lowest BCUT2D eigenvalue weighted by Crippen LogP contribution is -2.31. The Labute approximate surface area is 106 Å². The quantitative estimate of drug-likeness (QED) is 0.408. The molecule has 1 rings (SSSR count). The van der Waals surface area contributed by atoms with Gasteiger partial charge in [-0.3, -0.25) is 10.1 Å². The van der Waals surface area contributed by atoms with Crippen molar-refractivity contribution in [2.24, 2.45) is 5.84 Å². The van der Waals surface area contributed by atoms with Gasteiger partial charge in [0, 0.05) is 5.54 Å². The topological polar surface area (TPSA) is 106 Å². The molecule has 1 aromatic rings. The first kappa shape index (κ1) is 14.2. The molecule has 4 N–H and O–H groups in total. The van der Waals surface area contributed by atoms with Gasteiger partial charge in [0.1, 0.15) is 11.6 Å². The number of hydrogen-bond acceptors (Lipinski definition) is 6. The third-order valence-corrected chi connectivity index (χ3v) is 2.51. The predicted octanol–water partition coefficient (Wildman–Crippen LogP) is 2.27. The fourth-order valence-electron chi connectivity index (χ4n) is 1.79. The molecule has 0 aromatic carbocycles. The van der Waals surface area contributed by atoms with Crippen molar-refractivity contribution in [1.29, 1.82) is 0 Å². The highest BCUT2D eigenvalue weighted by molar-refractivity contribution is 5.55. The number of nitrogen functional groups attached to an aromatic ring is 1. The van der Waals surface area contributed by atoms with E-state index in [1.165, 1.54) is 12.1 Å². The van der Waals surface area contributed by atoms with Gasteiger partial charge in [-0.15, -0.1) is 0 Å². The maximum atomic E-state index is 10.8. The summed E-state index contributed by atoms with van der Waals surface area (Å²) in [4.78, 5) is 14.5. The van der Waals surface area contributed by atoms with Gasteiger partial charge in [0.15, 0.2) is 0 Å². The van der Waals surface area contributed by atoms with E-state index < -0.39 is 4.92 Å². The molecule has 0 amide bonds. The average Bonchev–Trinajstić information content (AvgIpc) is 2.27. The molecule has 0 bridgehead atoms. The smallest absolute Gasteiger partial charge is 0.276 e. The Morgan fingerprint density at radius 2 is 2.06 bits per heavy atom. The summed E-state index contributed by atoms with van der Waals surface area (Å²) in [5.74, 6) is 5.95. The van der Waals surface area contributed by atoms with Crippen LogP contribution in [-0.2, 0) is 0 Å². The van der Waals surface area contributed by atoms with E-state index in [-0.39, 0.29) is 17.0 Å². The number of nitro groups is 1. The Hall–Kier alpha value is -1.89. The normalized spacial score (nSPS) is 11.1. The molecule has 0 spiro atoms. The van der Waals surface area contributed by atoms with Crippen LogP contribution in [0.2, 0.25) is 0 Å². The van der Waals surface area contributed by atoms with Gasteiger partial charge in [0.05, 0.1) is 17.1 Å². The highest BCUT2D eigenvalue weighted by Gasteiger charge is 2.19. The third kappa shape index (κ3) is 3.85. The first-order chi connectivity index (χ1) is 8.38. The number of nitrogens with two attached hydrogens (primary N) is 1. The van der Waals surface area contributed by atoms with E-state index in [0.29, 0.717) is 5.82 Å². The molecule has 7 nitrogen and oxygen atoms in total. The molecule has 0 aliphatic carbocycles. The van der Waals surface area contributed by atoms with Gasteiger partial charge in [-0.1, -0.05) is 13.3 Å². The van der Waals surface area contributed by atoms with Crippen LogP contribution in [0.15, 0.2) is 12.1 Å². The molecule has 100 valence electrons. The monoisotopic (exact) mass is 253 g/mol. The number of hydrazine groups is 1. The number of nitrogens with zero attached hydrogens (tertiary/aromatic N) is 2. The van der Waals surface area contributed by atoms with Gasteiger partial charge in [0.2, 0.25) is 0 Å². The number of anilines is 2. The van der Waals surface area contributed by atoms with Crippen LogP contribution in [0, 0.1) is 10.1 Å². The summed E-state index contributed by atoms with van der Waals surface area (Å²) in [5, 5.41) is 14.0. The second kappa shape index (κ2) is 5.63. The van der Waals surface area contributed by atoms with Crippen molar-refractivity contribution in [3.63, 3.8) is 0 Å². The molecule has 7 heteroatoms. The van der Waals surface area contributed by atoms with E-state index in [2.05, 4.69) is 22.7 Å². The van der Waals surface area contributed by atoms with Crippen LogP contribution >= 0.6 is 0 Å². The van der Waals surface area contributed by atoms with Crippen molar-refractivity contribution in [2.45, 2.75) is 39.2 Å². The van der Waals surface area contributed by atoms with Crippen molar-refractivity contribution in [3.05, 3.63) is 22.2 Å². The number of rotatable bonds is 6. The Kier molecular flexibility index (Phi) is 4.43. The SMILES string of the molecule is CCCC(C)(C)Nc1cc([N+](=O)[O-])cc(NN)n1. The van der Waals surface area contributed by atoms with Crippen LogP contribution in [0.5, 0.6) is 0 Å². The lowest BCUT2D eigenvalue weighted by molar-refractivity contribution is -0.384. The number of hydrogen-bond donors (Lipinski definition) is 3. The molecule has 0 unspecified atom stereocenters. The lowest BCUT2D eigenvalue weighted by Gasteiger charge is -2.26. The van der Waals surface area contributed by atoms with Gasteiger partial charge >= 0.3 is 0 Å². The van der Waals surface area contributed by atoms with E-state index in [0.717, 1.165) is 12.8 Å². The van der Waals surface area contributed by atoms with E-state index >= 15 is 0 Å². The number of aromatic nitrogens is 1. The number of pyridine rings is 1. The highest BCUT2D eigenvalue weighted by atomic mass is 16.6. The van der Waals surface area contributed by atoms with Gasteiger partial charge in [-0.05, 0) is 20.3 Å². The molecular weight excluding hydrogens is 234 g/mol. The van der Waals surface area contributed by atoms with Crippen LogP contribution in [0.3, 0.4) is 0 Å². The lowest BCUT2D eigenvalue weighted by atomic mass is 9.99. The molecule has 0 radical (unpaired) electrons. The summed E-state index contributed by atoms with van der Waals surface area (Å²) in [6, 6.07) is 2.69. The van der Waals surface area contributed by atoms with E-state index in [1.54, 1.807) is 0 Å². The fourth-order valence-corrected chi connectivity index (χ4v) is 1.79. The maximum absolute atomic E-state index is 10.8. The van der Waals surface area contributed by atoms with Crippen LogP contribution in [0.4, 0.5) is 17.3 Å². The van der Waals surface area contributed by atoms with Crippen molar-refractivity contribution < 1.29 is 4.92 Å². The molecule has 18 heavy (non-hydrogen) atoms. The zero-order valence-electron chi connectivity index (χ0n) is 10.9. The van der Waals surface area contributed by atoms with Gasteiger partial charge < -0.3 is 10.7 Å². The molecule has 0 saturated carbocycles. The van der Waals surface area contributed by atoms with E-state index in [1.807, 2.05) is 13.8 Å². The summed E-state index contributed by atoms with van der Waals surface area (Å²) < 4.78 is 0. The summed E-state index contributed by atoms with van der Waals surface area (Å²) in [6.45, 7) is 6.12. The molecule has 0 atom stereocenters. The van der Waals surface area contributed by atoms with Crippen LogP contribution in [0.25, 0.3) is 0 Å². The Bertz CT molecular complexity index is 433. The molecule has 0 saturated heterocycles. The largest absolute Gasteiger partial charge is 0.365 e. The summed E-state index contributed by atoms with van der Waals surface area (Å²) >= 11 is 0. The fraction of sp³-hybridized carbons (Fsp3) is 0.545. The van der Waals surface area contributed by atoms with Crippen molar-refractivity contribution in [1.82, 2.24) is 4.98 Å². The zero-order chi connectivity index (χ0) is 13.8. The summed E-state index contributed by atoms with van der Waals surface area (Å²) in [6.07, 6.45) is 1.94. The van der Waals surface area contributed by atoms with Crippen LogP contribution in [-0.4, -0.2) is 15.4 Å². The Morgan fingerprint density at radius 1 is 1.44 bits per heavy atom. The van der Waals surface area contributed by atoms with E-state index in [4.69, 9.17) is 5.84 Å². The minimum Gasteiger partial charge on any atom is -0.365 e. The molecule has 0 fully saturated rings. The van der Waals surface area contributed by atoms with Gasteiger partial charge in [-0.25, -0.2) is 10.8 Å². The second-order valence-corrected chi connectivity index (χ2v) is 4.76. The minimum absolute atomic E-state index is 0.0484. The summed E-state index contributed by atoms with van der Waals surface area (Å²) in [7, 11) is 0.